The first kappa shape index (κ1) is 18.3. The summed E-state index contributed by atoms with van der Waals surface area (Å²) < 4.78 is 10.8. The first-order valence-electron chi connectivity index (χ1n) is 7.95. The van der Waals surface area contributed by atoms with Crippen LogP contribution in [0.4, 0.5) is 0 Å². The highest BCUT2D eigenvalue weighted by Crippen LogP contribution is 2.20. The SMILES string of the molecule is CCOc1ccccc1/C=C/C(=O)c1ccc(OC(C)C(=O)O)cc1. The van der Waals surface area contributed by atoms with E-state index in [1.54, 1.807) is 30.3 Å². The maximum Gasteiger partial charge on any atom is 0.344 e. The summed E-state index contributed by atoms with van der Waals surface area (Å²) in [4.78, 5) is 23.0. The number of carbonyl (C=O) groups excluding carboxylic acids is 1. The third kappa shape index (κ3) is 5.21. The summed E-state index contributed by atoms with van der Waals surface area (Å²) in [5.74, 6) is -0.0854. The molecule has 0 radical (unpaired) electrons. The number of allylic oxidation sites excluding steroid dienone is 1. The average Bonchev–Trinajstić information content (AvgIpc) is 2.61. The molecule has 5 heteroatoms. The van der Waals surface area contributed by atoms with E-state index in [1.807, 2.05) is 31.2 Å². The van der Waals surface area contributed by atoms with Crippen LogP contribution in [0.5, 0.6) is 11.5 Å². The Morgan fingerprint density at radius 3 is 2.44 bits per heavy atom. The predicted molar refractivity (Wildman–Crippen MR) is 95.1 cm³/mol. The van der Waals surface area contributed by atoms with Gasteiger partial charge < -0.3 is 14.6 Å². The fourth-order valence-electron chi connectivity index (χ4n) is 2.12. The van der Waals surface area contributed by atoms with E-state index in [2.05, 4.69) is 0 Å². The summed E-state index contributed by atoms with van der Waals surface area (Å²) in [6.45, 7) is 3.90. The van der Waals surface area contributed by atoms with Crippen molar-refractivity contribution in [1.82, 2.24) is 0 Å². The standard InChI is InChI=1S/C20H20O5/c1-3-24-19-7-5-4-6-16(19)10-13-18(21)15-8-11-17(12-9-15)25-14(2)20(22)23/h4-14H,3H2,1-2H3,(H,22,23)/b13-10+. The van der Waals surface area contributed by atoms with Crippen molar-refractivity contribution < 1.29 is 24.2 Å². The Bertz CT molecular complexity index is 762. The van der Waals surface area contributed by atoms with Gasteiger partial charge in [0.25, 0.3) is 0 Å². The van der Waals surface area contributed by atoms with Crippen LogP contribution in [-0.4, -0.2) is 29.6 Å². The number of carboxylic acid groups (broad SMARTS) is 1. The van der Waals surface area contributed by atoms with Crippen molar-refractivity contribution in [1.29, 1.82) is 0 Å². The van der Waals surface area contributed by atoms with E-state index >= 15 is 0 Å². The van der Waals surface area contributed by atoms with Crippen molar-refractivity contribution in [3.63, 3.8) is 0 Å². The molecular weight excluding hydrogens is 320 g/mol. The number of hydrogen-bond donors (Lipinski definition) is 1. The van der Waals surface area contributed by atoms with Crippen LogP contribution in [0.2, 0.25) is 0 Å². The van der Waals surface area contributed by atoms with E-state index in [0.717, 1.165) is 11.3 Å². The number of para-hydroxylation sites is 1. The third-order valence-corrected chi connectivity index (χ3v) is 3.43. The second-order valence-electron chi connectivity index (χ2n) is 5.29. The van der Waals surface area contributed by atoms with Crippen LogP contribution < -0.4 is 9.47 Å². The summed E-state index contributed by atoms with van der Waals surface area (Å²) in [5.41, 5.74) is 1.31. The van der Waals surface area contributed by atoms with Crippen LogP contribution in [-0.2, 0) is 4.79 Å². The molecule has 25 heavy (non-hydrogen) atoms. The van der Waals surface area contributed by atoms with Gasteiger partial charge in [-0.1, -0.05) is 18.2 Å². The van der Waals surface area contributed by atoms with Crippen molar-refractivity contribution in [3.8, 4) is 11.5 Å². The summed E-state index contributed by atoms with van der Waals surface area (Å²) in [6, 6.07) is 13.8. The van der Waals surface area contributed by atoms with Gasteiger partial charge in [-0.3, -0.25) is 4.79 Å². The molecule has 2 aromatic rings. The quantitative estimate of drug-likeness (QED) is 0.584. The highest BCUT2D eigenvalue weighted by molar-refractivity contribution is 6.07. The number of ether oxygens (including phenoxy) is 2. The maximum atomic E-state index is 12.3. The lowest BCUT2D eigenvalue weighted by atomic mass is 10.1. The van der Waals surface area contributed by atoms with Crippen molar-refractivity contribution in [2.75, 3.05) is 6.61 Å². The molecule has 2 rings (SSSR count). The second-order valence-corrected chi connectivity index (χ2v) is 5.29. The number of benzene rings is 2. The zero-order valence-corrected chi connectivity index (χ0v) is 14.1. The second kappa shape index (κ2) is 8.68. The van der Waals surface area contributed by atoms with Crippen LogP contribution in [0, 0.1) is 0 Å². The van der Waals surface area contributed by atoms with E-state index < -0.39 is 12.1 Å². The van der Waals surface area contributed by atoms with Crippen LogP contribution in [0.25, 0.3) is 6.08 Å². The summed E-state index contributed by atoms with van der Waals surface area (Å²) in [6.07, 6.45) is 2.24. The molecule has 0 aliphatic carbocycles. The van der Waals surface area contributed by atoms with Gasteiger partial charge in [-0.2, -0.15) is 0 Å². The lowest BCUT2D eigenvalue weighted by Crippen LogP contribution is -2.22. The Kier molecular flexibility index (Phi) is 6.34. The molecule has 1 N–H and O–H groups in total. The van der Waals surface area contributed by atoms with E-state index in [4.69, 9.17) is 14.6 Å². The molecular formula is C20H20O5. The fraction of sp³-hybridized carbons (Fsp3) is 0.200. The molecule has 2 aromatic carbocycles. The molecule has 0 bridgehead atoms. The van der Waals surface area contributed by atoms with Gasteiger partial charge in [0, 0.05) is 11.1 Å². The molecule has 0 aliphatic heterocycles. The first-order chi connectivity index (χ1) is 12.0. The Morgan fingerprint density at radius 2 is 1.80 bits per heavy atom. The van der Waals surface area contributed by atoms with E-state index in [9.17, 15) is 9.59 Å². The average molecular weight is 340 g/mol. The predicted octanol–water partition coefficient (Wildman–Crippen LogP) is 3.83. The molecule has 1 atom stereocenters. The van der Waals surface area contributed by atoms with Gasteiger partial charge in [-0.25, -0.2) is 4.79 Å². The van der Waals surface area contributed by atoms with Crippen molar-refractivity contribution in [2.45, 2.75) is 20.0 Å². The topological polar surface area (TPSA) is 72.8 Å². The number of carboxylic acids is 1. The number of ketones is 1. The van der Waals surface area contributed by atoms with Crippen LogP contribution >= 0.6 is 0 Å². The normalized spacial score (nSPS) is 11.9. The Labute approximate surface area is 146 Å². The molecule has 0 saturated heterocycles. The number of carbonyl (C=O) groups is 2. The van der Waals surface area contributed by atoms with Gasteiger partial charge in [0.05, 0.1) is 6.61 Å². The van der Waals surface area contributed by atoms with Gasteiger partial charge >= 0.3 is 5.97 Å². The molecule has 0 aliphatic rings. The summed E-state index contributed by atoms with van der Waals surface area (Å²) >= 11 is 0. The minimum atomic E-state index is -1.05. The van der Waals surface area contributed by atoms with Gasteiger partial charge in [0.15, 0.2) is 11.9 Å². The van der Waals surface area contributed by atoms with Gasteiger partial charge in [-0.05, 0) is 56.3 Å². The van der Waals surface area contributed by atoms with Crippen molar-refractivity contribution in [3.05, 3.63) is 65.7 Å². The lowest BCUT2D eigenvalue weighted by Gasteiger charge is -2.10. The van der Waals surface area contributed by atoms with Crippen molar-refractivity contribution >= 4 is 17.8 Å². The van der Waals surface area contributed by atoms with Crippen molar-refractivity contribution in [2.24, 2.45) is 0 Å². The maximum absolute atomic E-state index is 12.3. The molecule has 0 saturated carbocycles. The van der Waals surface area contributed by atoms with E-state index in [-0.39, 0.29) is 5.78 Å². The largest absolute Gasteiger partial charge is 0.493 e. The zero-order valence-electron chi connectivity index (χ0n) is 14.1. The highest BCUT2D eigenvalue weighted by Gasteiger charge is 2.12. The number of aliphatic carboxylic acids is 1. The Hall–Kier alpha value is -3.08. The molecule has 0 amide bonds. The van der Waals surface area contributed by atoms with Crippen LogP contribution in [0.3, 0.4) is 0 Å². The lowest BCUT2D eigenvalue weighted by molar-refractivity contribution is -0.144. The number of rotatable bonds is 8. The molecule has 0 fully saturated rings. The smallest absolute Gasteiger partial charge is 0.344 e. The Morgan fingerprint density at radius 1 is 1.12 bits per heavy atom. The monoisotopic (exact) mass is 340 g/mol. The molecule has 0 heterocycles. The van der Waals surface area contributed by atoms with Gasteiger partial charge in [0.1, 0.15) is 11.5 Å². The molecule has 1 unspecified atom stereocenters. The minimum absolute atomic E-state index is 0.163. The first-order valence-corrected chi connectivity index (χ1v) is 7.95. The zero-order chi connectivity index (χ0) is 18.2. The van der Waals surface area contributed by atoms with Crippen LogP contribution in [0.15, 0.2) is 54.6 Å². The fourth-order valence-corrected chi connectivity index (χ4v) is 2.12. The minimum Gasteiger partial charge on any atom is -0.493 e. The summed E-state index contributed by atoms with van der Waals surface area (Å²) in [5, 5.41) is 8.83. The summed E-state index contributed by atoms with van der Waals surface area (Å²) in [7, 11) is 0. The molecule has 5 nitrogen and oxygen atoms in total. The van der Waals surface area contributed by atoms with E-state index in [1.165, 1.54) is 13.0 Å². The third-order valence-electron chi connectivity index (χ3n) is 3.43. The van der Waals surface area contributed by atoms with Gasteiger partial charge in [-0.15, -0.1) is 0 Å². The van der Waals surface area contributed by atoms with Gasteiger partial charge in [0.2, 0.25) is 0 Å². The molecule has 0 aromatic heterocycles. The number of hydrogen-bond acceptors (Lipinski definition) is 4. The molecule has 130 valence electrons. The van der Waals surface area contributed by atoms with Crippen LogP contribution in [0.1, 0.15) is 29.8 Å². The molecule has 0 spiro atoms. The van der Waals surface area contributed by atoms with E-state index in [0.29, 0.717) is 17.9 Å². The highest BCUT2D eigenvalue weighted by atomic mass is 16.5. The Balaban J connectivity index is 2.07.